The van der Waals surface area contributed by atoms with Crippen molar-refractivity contribution < 1.29 is 22.4 Å². The topological polar surface area (TPSA) is 58.0 Å². The van der Waals surface area contributed by atoms with Crippen LogP contribution in [0.25, 0.3) is 10.9 Å². The zero-order chi connectivity index (χ0) is 23.6. The van der Waals surface area contributed by atoms with Gasteiger partial charge in [-0.3, -0.25) is 4.79 Å². The number of halogens is 4. The molecule has 0 spiro atoms. The van der Waals surface area contributed by atoms with Gasteiger partial charge in [0.2, 0.25) is 5.91 Å². The number of hydrogen-bond acceptors (Lipinski definition) is 2. The number of alkyl halides is 3. The zero-order valence-corrected chi connectivity index (χ0v) is 18.6. The molecule has 0 aliphatic carbocycles. The predicted octanol–water partition coefficient (Wildman–Crippen LogP) is 6.83. The quantitative estimate of drug-likeness (QED) is 0.308. The van der Waals surface area contributed by atoms with Crippen molar-refractivity contribution >= 4 is 28.4 Å². The molecular weight excluding hydrogens is 453 g/mol. The first-order chi connectivity index (χ1) is 15.8. The fourth-order valence-corrected chi connectivity index (χ4v) is 4.29. The minimum atomic E-state index is -4.60. The van der Waals surface area contributed by atoms with E-state index in [-0.39, 0.29) is 23.9 Å². The second-order valence-corrected chi connectivity index (χ2v) is 8.19. The summed E-state index contributed by atoms with van der Waals surface area (Å²) in [4.78, 5) is 16.1. The highest BCUT2D eigenvalue weighted by molar-refractivity contribution is 6.31. The Balaban J connectivity index is 1.74. The molecule has 0 fully saturated rings. The highest BCUT2D eigenvalue weighted by Crippen LogP contribution is 2.40. The van der Waals surface area contributed by atoms with Crippen LogP contribution in [0.15, 0.2) is 65.4 Å². The summed E-state index contributed by atoms with van der Waals surface area (Å²) in [6, 6.07) is 13.1. The summed E-state index contributed by atoms with van der Waals surface area (Å²) < 4.78 is 45.9. The largest absolute Gasteiger partial charge is 0.467 e. The fourth-order valence-electron chi connectivity index (χ4n) is 4.06. The van der Waals surface area contributed by atoms with E-state index in [0.717, 1.165) is 34.5 Å². The maximum atomic E-state index is 13.5. The highest BCUT2D eigenvalue weighted by Gasteiger charge is 2.34. The van der Waals surface area contributed by atoms with Crippen LogP contribution in [0.4, 0.5) is 13.2 Å². The number of para-hydroxylation sites is 1. The number of hydrogen-bond donors (Lipinski definition) is 2. The summed E-state index contributed by atoms with van der Waals surface area (Å²) in [7, 11) is 0. The maximum absolute atomic E-state index is 13.5. The van der Waals surface area contributed by atoms with Gasteiger partial charge in [0.25, 0.3) is 0 Å². The van der Waals surface area contributed by atoms with E-state index in [1.165, 1.54) is 12.3 Å². The molecule has 0 aliphatic heterocycles. The Kier molecular flexibility index (Phi) is 6.51. The van der Waals surface area contributed by atoms with E-state index in [1.807, 2.05) is 25.1 Å². The van der Waals surface area contributed by atoms with E-state index in [2.05, 4.69) is 10.3 Å². The van der Waals surface area contributed by atoms with Gasteiger partial charge in [0.05, 0.1) is 23.4 Å². The number of benzene rings is 2. The summed E-state index contributed by atoms with van der Waals surface area (Å²) >= 11 is 5.84. The minimum Gasteiger partial charge on any atom is -0.467 e. The second-order valence-electron chi connectivity index (χ2n) is 7.79. The van der Waals surface area contributed by atoms with Gasteiger partial charge in [0.1, 0.15) is 5.76 Å². The molecule has 0 saturated heterocycles. The minimum absolute atomic E-state index is 0.0387. The molecule has 0 bridgehead atoms. The van der Waals surface area contributed by atoms with Gasteiger partial charge in [-0.05, 0) is 47.4 Å². The number of H-pyrrole nitrogens is 1. The molecule has 172 valence electrons. The van der Waals surface area contributed by atoms with Crippen molar-refractivity contribution in [1.82, 2.24) is 10.3 Å². The molecule has 33 heavy (non-hydrogen) atoms. The van der Waals surface area contributed by atoms with Crippen molar-refractivity contribution in [3.8, 4) is 0 Å². The Morgan fingerprint density at radius 2 is 2.00 bits per heavy atom. The maximum Gasteiger partial charge on any atom is 0.417 e. The standard InChI is InChI=1S/C25H22ClF3N2O2/c1-2-15-5-3-7-18-20(14-31-24(15)18)19(12-23(32)30-13-17-6-4-10-33-17)16-8-9-22(26)21(11-16)25(27,28)29/h3-11,14,19,31H,2,12-13H2,1H3,(H,30,32). The molecule has 2 N–H and O–H groups in total. The lowest BCUT2D eigenvalue weighted by Crippen LogP contribution is -2.25. The molecule has 1 amide bonds. The van der Waals surface area contributed by atoms with Crippen LogP contribution in [0.1, 0.15) is 47.3 Å². The number of rotatable bonds is 7. The SMILES string of the molecule is CCc1cccc2c(C(CC(=O)NCc3ccco3)c3ccc(Cl)c(C(F)(F)F)c3)c[nH]c12. The van der Waals surface area contributed by atoms with Gasteiger partial charge >= 0.3 is 6.18 Å². The number of aryl methyl sites for hydroxylation is 1. The molecule has 4 rings (SSSR count). The Hall–Kier alpha value is -3.19. The third kappa shape index (κ3) is 4.93. The number of amides is 1. The van der Waals surface area contributed by atoms with Crippen LogP contribution in [0, 0.1) is 0 Å². The highest BCUT2D eigenvalue weighted by atomic mass is 35.5. The molecule has 2 heterocycles. The lowest BCUT2D eigenvalue weighted by atomic mass is 9.86. The number of aromatic amines is 1. The number of nitrogens with one attached hydrogen (secondary N) is 2. The van der Waals surface area contributed by atoms with Gasteiger partial charge in [-0.1, -0.05) is 42.8 Å². The van der Waals surface area contributed by atoms with Crippen LogP contribution in [0.3, 0.4) is 0 Å². The van der Waals surface area contributed by atoms with E-state index < -0.39 is 17.7 Å². The number of carbonyl (C=O) groups is 1. The zero-order valence-electron chi connectivity index (χ0n) is 17.8. The third-order valence-corrected chi connectivity index (χ3v) is 6.05. The first-order valence-electron chi connectivity index (χ1n) is 10.5. The normalized spacial score (nSPS) is 12.8. The monoisotopic (exact) mass is 474 g/mol. The van der Waals surface area contributed by atoms with E-state index in [1.54, 1.807) is 24.4 Å². The van der Waals surface area contributed by atoms with Crippen molar-refractivity contribution in [1.29, 1.82) is 0 Å². The fraction of sp³-hybridized carbons (Fsp3) is 0.240. The Morgan fingerprint density at radius 1 is 1.18 bits per heavy atom. The molecule has 4 nitrogen and oxygen atoms in total. The second kappa shape index (κ2) is 9.35. The number of carbonyl (C=O) groups excluding carboxylic acids is 1. The molecular formula is C25H22ClF3N2O2. The summed E-state index contributed by atoms with van der Waals surface area (Å²) in [5.41, 5.74) is 2.20. The Bertz CT molecular complexity index is 1260. The van der Waals surface area contributed by atoms with Crippen LogP contribution in [-0.2, 0) is 23.9 Å². The van der Waals surface area contributed by atoms with Crippen LogP contribution in [0.5, 0.6) is 0 Å². The Morgan fingerprint density at radius 3 is 2.70 bits per heavy atom. The molecule has 0 radical (unpaired) electrons. The molecule has 2 aromatic carbocycles. The molecule has 4 aromatic rings. The molecule has 0 saturated carbocycles. The molecule has 0 aliphatic rings. The lowest BCUT2D eigenvalue weighted by molar-refractivity contribution is -0.137. The van der Waals surface area contributed by atoms with Crippen molar-refractivity contribution in [2.24, 2.45) is 0 Å². The van der Waals surface area contributed by atoms with Gasteiger partial charge < -0.3 is 14.7 Å². The third-order valence-electron chi connectivity index (χ3n) is 5.72. The van der Waals surface area contributed by atoms with Crippen molar-refractivity contribution in [3.63, 3.8) is 0 Å². The first kappa shape index (κ1) is 23.0. The number of furan rings is 1. The van der Waals surface area contributed by atoms with E-state index in [4.69, 9.17) is 16.0 Å². The van der Waals surface area contributed by atoms with Gasteiger partial charge in [0.15, 0.2) is 0 Å². The van der Waals surface area contributed by atoms with Crippen molar-refractivity contribution in [3.05, 3.63) is 94.0 Å². The van der Waals surface area contributed by atoms with E-state index in [9.17, 15) is 18.0 Å². The summed E-state index contributed by atoms with van der Waals surface area (Å²) in [6.45, 7) is 2.23. The Labute approximate surface area is 193 Å². The first-order valence-corrected chi connectivity index (χ1v) is 10.9. The summed E-state index contributed by atoms with van der Waals surface area (Å²) in [5.74, 6) is -0.327. The summed E-state index contributed by atoms with van der Waals surface area (Å²) in [5, 5.41) is 3.28. The molecule has 8 heteroatoms. The average Bonchev–Trinajstić information content (AvgIpc) is 3.45. The molecule has 1 unspecified atom stereocenters. The summed E-state index contributed by atoms with van der Waals surface area (Å²) in [6.07, 6.45) is -0.563. The van der Waals surface area contributed by atoms with Crippen LogP contribution in [0.2, 0.25) is 5.02 Å². The molecule has 1 atom stereocenters. The van der Waals surface area contributed by atoms with Crippen molar-refractivity contribution in [2.45, 2.75) is 38.4 Å². The van der Waals surface area contributed by atoms with E-state index >= 15 is 0 Å². The van der Waals surface area contributed by atoms with Crippen molar-refractivity contribution in [2.75, 3.05) is 0 Å². The lowest BCUT2D eigenvalue weighted by Gasteiger charge is -2.19. The van der Waals surface area contributed by atoms with Crippen LogP contribution < -0.4 is 5.32 Å². The van der Waals surface area contributed by atoms with Crippen LogP contribution in [-0.4, -0.2) is 10.9 Å². The van der Waals surface area contributed by atoms with Gasteiger partial charge in [-0.2, -0.15) is 13.2 Å². The van der Waals surface area contributed by atoms with Gasteiger partial charge in [-0.15, -0.1) is 0 Å². The van der Waals surface area contributed by atoms with Crippen LogP contribution >= 0.6 is 11.6 Å². The average molecular weight is 475 g/mol. The predicted molar refractivity (Wildman–Crippen MR) is 121 cm³/mol. The number of aromatic nitrogens is 1. The van der Waals surface area contributed by atoms with E-state index in [0.29, 0.717) is 11.3 Å². The molecule has 2 aromatic heterocycles. The van der Waals surface area contributed by atoms with Gasteiger partial charge in [0, 0.05) is 29.4 Å². The van der Waals surface area contributed by atoms with Gasteiger partial charge in [-0.25, -0.2) is 0 Å². The number of fused-ring (bicyclic) bond motifs is 1. The smallest absolute Gasteiger partial charge is 0.417 e.